The lowest BCUT2D eigenvalue weighted by Crippen LogP contribution is -2.44. The van der Waals surface area contributed by atoms with Crippen molar-refractivity contribution in [2.45, 2.75) is 0 Å². The lowest BCUT2D eigenvalue weighted by atomic mass is 10.3. The van der Waals surface area contributed by atoms with Crippen LogP contribution in [0.15, 0.2) is 12.1 Å². The second kappa shape index (κ2) is 3.96. The van der Waals surface area contributed by atoms with E-state index < -0.39 is 11.6 Å². The van der Waals surface area contributed by atoms with Crippen molar-refractivity contribution in [1.29, 1.82) is 0 Å². The molecule has 3 rings (SSSR count). The van der Waals surface area contributed by atoms with Gasteiger partial charge in [-0.2, -0.15) is 0 Å². The minimum Gasteiger partial charge on any atom is -0.340 e. The summed E-state index contributed by atoms with van der Waals surface area (Å²) in [5.74, 6) is -1.05. The first kappa shape index (κ1) is 10.5. The molecule has 1 saturated heterocycles. The number of imidazole rings is 1. The van der Waals surface area contributed by atoms with Crippen molar-refractivity contribution < 1.29 is 8.78 Å². The van der Waals surface area contributed by atoms with Gasteiger partial charge in [0.1, 0.15) is 0 Å². The molecule has 17 heavy (non-hydrogen) atoms. The zero-order valence-corrected chi connectivity index (χ0v) is 9.13. The number of anilines is 1. The third kappa shape index (κ3) is 1.84. The van der Waals surface area contributed by atoms with Gasteiger partial charge in [0.2, 0.25) is 5.95 Å². The van der Waals surface area contributed by atoms with E-state index >= 15 is 0 Å². The summed E-state index contributed by atoms with van der Waals surface area (Å²) in [6, 6.07) is 2.26. The zero-order chi connectivity index (χ0) is 11.8. The minimum atomic E-state index is -0.865. The van der Waals surface area contributed by atoms with E-state index in [2.05, 4.69) is 20.2 Å². The fourth-order valence-corrected chi connectivity index (χ4v) is 2.02. The van der Waals surface area contributed by atoms with Crippen molar-refractivity contribution in [3.8, 4) is 0 Å². The van der Waals surface area contributed by atoms with Gasteiger partial charge in [0.05, 0.1) is 11.0 Å². The first-order valence-electron chi connectivity index (χ1n) is 5.54. The van der Waals surface area contributed by atoms with Crippen LogP contribution in [0.3, 0.4) is 0 Å². The minimum absolute atomic E-state index is 0.456. The summed E-state index contributed by atoms with van der Waals surface area (Å²) < 4.78 is 26.1. The number of nitrogens with zero attached hydrogens (tertiary/aromatic N) is 2. The number of halogens is 2. The summed E-state index contributed by atoms with van der Waals surface area (Å²) in [5.41, 5.74) is 0.981. The molecule has 2 N–H and O–H groups in total. The van der Waals surface area contributed by atoms with E-state index in [1.54, 1.807) is 0 Å². The fraction of sp³-hybridized carbons (Fsp3) is 0.364. The third-order valence-corrected chi connectivity index (χ3v) is 2.93. The van der Waals surface area contributed by atoms with E-state index in [0.29, 0.717) is 17.0 Å². The number of H-pyrrole nitrogens is 1. The molecule has 0 spiro atoms. The normalized spacial score (nSPS) is 16.7. The number of rotatable bonds is 1. The number of hydrogen-bond acceptors (Lipinski definition) is 3. The Labute approximate surface area is 96.6 Å². The summed E-state index contributed by atoms with van der Waals surface area (Å²) >= 11 is 0. The SMILES string of the molecule is Fc1cc2nc(N3CCNCC3)[nH]c2cc1F. The van der Waals surface area contributed by atoms with Crippen molar-refractivity contribution in [3.63, 3.8) is 0 Å². The Morgan fingerprint density at radius 1 is 1.12 bits per heavy atom. The van der Waals surface area contributed by atoms with Gasteiger partial charge < -0.3 is 15.2 Å². The van der Waals surface area contributed by atoms with Gasteiger partial charge in [-0.25, -0.2) is 13.8 Å². The van der Waals surface area contributed by atoms with Crippen LogP contribution in [0, 0.1) is 11.6 Å². The van der Waals surface area contributed by atoms with Gasteiger partial charge in [-0.3, -0.25) is 0 Å². The number of aromatic amines is 1. The largest absolute Gasteiger partial charge is 0.340 e. The van der Waals surface area contributed by atoms with Crippen LogP contribution >= 0.6 is 0 Å². The molecule has 4 nitrogen and oxygen atoms in total. The maximum Gasteiger partial charge on any atom is 0.203 e. The summed E-state index contributed by atoms with van der Waals surface area (Å²) in [7, 11) is 0. The number of piperazine rings is 1. The van der Waals surface area contributed by atoms with Crippen LogP contribution in [0.1, 0.15) is 0 Å². The Balaban J connectivity index is 2.00. The second-order valence-corrected chi connectivity index (χ2v) is 4.08. The Morgan fingerprint density at radius 2 is 1.82 bits per heavy atom. The average Bonchev–Trinajstić information content (AvgIpc) is 2.74. The highest BCUT2D eigenvalue weighted by molar-refractivity contribution is 5.77. The molecular formula is C11H12F2N4. The van der Waals surface area contributed by atoms with Crippen molar-refractivity contribution in [2.24, 2.45) is 0 Å². The van der Waals surface area contributed by atoms with Crippen LogP contribution in [0.4, 0.5) is 14.7 Å². The summed E-state index contributed by atoms with van der Waals surface area (Å²) in [6.07, 6.45) is 0. The first-order valence-corrected chi connectivity index (χ1v) is 5.54. The maximum absolute atomic E-state index is 13.1. The molecule has 2 heterocycles. The molecule has 6 heteroatoms. The molecule has 1 fully saturated rings. The average molecular weight is 238 g/mol. The Bertz CT molecular complexity index is 507. The van der Waals surface area contributed by atoms with Crippen LogP contribution in [-0.2, 0) is 0 Å². The van der Waals surface area contributed by atoms with Gasteiger partial charge in [-0.1, -0.05) is 0 Å². The van der Waals surface area contributed by atoms with Crippen molar-refractivity contribution in [2.75, 3.05) is 31.1 Å². The van der Waals surface area contributed by atoms with Crippen LogP contribution in [0.25, 0.3) is 11.0 Å². The standard InChI is InChI=1S/C11H12F2N4/c12-7-5-9-10(6-8(7)13)16-11(15-9)17-3-1-14-2-4-17/h5-6,14H,1-4H2,(H,15,16). The zero-order valence-electron chi connectivity index (χ0n) is 9.13. The second-order valence-electron chi connectivity index (χ2n) is 4.08. The molecule has 2 aromatic rings. The Kier molecular flexibility index (Phi) is 2.44. The fourth-order valence-electron chi connectivity index (χ4n) is 2.02. The molecule has 90 valence electrons. The van der Waals surface area contributed by atoms with E-state index in [4.69, 9.17) is 0 Å². The summed E-state index contributed by atoms with van der Waals surface area (Å²) in [5, 5.41) is 3.23. The quantitative estimate of drug-likeness (QED) is 0.786. The van der Waals surface area contributed by atoms with Crippen LogP contribution in [0.5, 0.6) is 0 Å². The van der Waals surface area contributed by atoms with Crippen LogP contribution in [-0.4, -0.2) is 36.1 Å². The highest BCUT2D eigenvalue weighted by Crippen LogP contribution is 2.20. The number of fused-ring (bicyclic) bond motifs is 1. The van der Waals surface area contributed by atoms with Gasteiger partial charge in [0.25, 0.3) is 0 Å². The highest BCUT2D eigenvalue weighted by atomic mass is 19.2. The van der Waals surface area contributed by atoms with Crippen LogP contribution < -0.4 is 10.2 Å². The molecule has 1 aliphatic heterocycles. The molecule has 0 saturated carbocycles. The summed E-state index contributed by atoms with van der Waals surface area (Å²) in [6.45, 7) is 3.45. The number of aromatic nitrogens is 2. The van der Waals surface area contributed by atoms with Crippen LogP contribution in [0.2, 0.25) is 0 Å². The molecule has 1 aromatic carbocycles. The van der Waals surface area contributed by atoms with Crippen molar-refractivity contribution in [1.82, 2.24) is 15.3 Å². The lowest BCUT2D eigenvalue weighted by Gasteiger charge is -2.26. The Hall–Kier alpha value is -1.69. The first-order chi connectivity index (χ1) is 8.24. The third-order valence-electron chi connectivity index (χ3n) is 2.93. The van der Waals surface area contributed by atoms with Crippen molar-refractivity contribution >= 4 is 17.0 Å². The van der Waals surface area contributed by atoms with E-state index in [-0.39, 0.29) is 0 Å². The molecule has 1 aliphatic rings. The van der Waals surface area contributed by atoms with Gasteiger partial charge >= 0.3 is 0 Å². The van der Waals surface area contributed by atoms with Gasteiger partial charge in [0, 0.05) is 38.3 Å². The number of nitrogens with one attached hydrogen (secondary N) is 2. The van der Waals surface area contributed by atoms with E-state index in [1.165, 1.54) is 0 Å². The molecule has 0 aliphatic carbocycles. The van der Waals surface area contributed by atoms with Gasteiger partial charge in [-0.05, 0) is 0 Å². The Morgan fingerprint density at radius 3 is 2.59 bits per heavy atom. The molecule has 0 radical (unpaired) electrons. The van der Waals surface area contributed by atoms with Gasteiger partial charge in [-0.15, -0.1) is 0 Å². The topological polar surface area (TPSA) is 44.0 Å². The number of benzene rings is 1. The predicted molar refractivity (Wildman–Crippen MR) is 61.1 cm³/mol. The molecular weight excluding hydrogens is 226 g/mol. The lowest BCUT2D eigenvalue weighted by molar-refractivity contribution is 0.510. The van der Waals surface area contributed by atoms with E-state index in [9.17, 15) is 8.78 Å². The molecule has 0 atom stereocenters. The molecule has 1 aromatic heterocycles. The molecule has 0 amide bonds. The number of hydrogen-bond donors (Lipinski definition) is 2. The summed E-state index contributed by atoms with van der Waals surface area (Å²) in [4.78, 5) is 9.35. The van der Waals surface area contributed by atoms with Gasteiger partial charge in [0.15, 0.2) is 11.6 Å². The molecule has 0 bridgehead atoms. The maximum atomic E-state index is 13.1. The van der Waals surface area contributed by atoms with Crippen molar-refractivity contribution in [3.05, 3.63) is 23.8 Å². The predicted octanol–water partition coefficient (Wildman–Crippen LogP) is 1.25. The monoisotopic (exact) mass is 238 g/mol. The highest BCUT2D eigenvalue weighted by Gasteiger charge is 2.15. The van der Waals surface area contributed by atoms with E-state index in [1.807, 2.05) is 0 Å². The van der Waals surface area contributed by atoms with E-state index in [0.717, 1.165) is 38.3 Å². The smallest absolute Gasteiger partial charge is 0.203 e. The molecule has 0 unspecified atom stereocenters.